The maximum Gasteiger partial charge on any atom is 0.120 e. The Morgan fingerprint density at radius 2 is 1.79 bits per heavy atom. The first-order chi connectivity index (χ1) is 13.3. The van der Waals surface area contributed by atoms with E-state index in [2.05, 4.69) is 60.4 Å². The second-order valence-corrected chi connectivity index (χ2v) is 7.54. The van der Waals surface area contributed by atoms with Gasteiger partial charge in [-0.3, -0.25) is 0 Å². The molecule has 0 spiro atoms. The topological polar surface area (TPSA) is 50.1 Å². The van der Waals surface area contributed by atoms with Gasteiger partial charge in [-0.1, -0.05) is 42.2 Å². The first kappa shape index (κ1) is 19.9. The molecule has 3 rings (SSSR count). The van der Waals surface area contributed by atoms with Gasteiger partial charge < -0.3 is 10.4 Å². The van der Waals surface area contributed by atoms with E-state index in [1.54, 1.807) is 13.8 Å². The Morgan fingerprint density at radius 3 is 2.43 bits per heavy atom. The molecule has 1 atom stereocenters. The number of benzene rings is 2. The van der Waals surface area contributed by atoms with Gasteiger partial charge in [-0.2, -0.15) is 5.10 Å². The third kappa shape index (κ3) is 5.10. The molecular formula is C24H27N3O. The lowest BCUT2D eigenvalue weighted by molar-refractivity contribution is 0.143. The van der Waals surface area contributed by atoms with Crippen molar-refractivity contribution in [2.75, 3.05) is 0 Å². The van der Waals surface area contributed by atoms with Gasteiger partial charge in [-0.05, 0) is 57.5 Å². The van der Waals surface area contributed by atoms with E-state index in [0.717, 1.165) is 23.5 Å². The van der Waals surface area contributed by atoms with Crippen LogP contribution in [0.4, 0.5) is 0 Å². The lowest BCUT2D eigenvalue weighted by Crippen LogP contribution is -2.18. The van der Waals surface area contributed by atoms with Crippen LogP contribution in [0.15, 0.2) is 60.8 Å². The molecule has 0 saturated carbocycles. The van der Waals surface area contributed by atoms with Crippen molar-refractivity contribution in [3.05, 3.63) is 83.2 Å². The molecule has 144 valence electrons. The van der Waals surface area contributed by atoms with Crippen LogP contribution in [0.25, 0.3) is 5.69 Å². The van der Waals surface area contributed by atoms with E-state index in [1.807, 2.05) is 41.2 Å². The summed E-state index contributed by atoms with van der Waals surface area (Å²) < 4.78 is 1.98. The highest BCUT2D eigenvalue weighted by molar-refractivity contribution is 5.38. The predicted octanol–water partition coefficient (Wildman–Crippen LogP) is 4.15. The molecule has 28 heavy (non-hydrogen) atoms. The van der Waals surface area contributed by atoms with Crippen molar-refractivity contribution in [1.82, 2.24) is 15.1 Å². The van der Waals surface area contributed by atoms with Crippen molar-refractivity contribution in [2.45, 2.75) is 45.9 Å². The molecule has 0 aliphatic rings. The second kappa shape index (κ2) is 8.43. The molecule has 4 heteroatoms. The number of aliphatic hydroxyl groups is 1. The standard InChI is InChI=1S/C24H27N3O/c1-18(23-17-26-27(19(23)2)22-8-6-5-7-9-22)25-16-21-12-10-20(11-13-21)14-15-24(3,4)28/h5-13,17-18,25,28H,16H2,1-4H3/t18-/m1/s1. The smallest absolute Gasteiger partial charge is 0.120 e. The van der Waals surface area contributed by atoms with Crippen LogP contribution in [0.1, 0.15) is 49.2 Å². The number of aromatic nitrogens is 2. The molecule has 0 bridgehead atoms. The summed E-state index contributed by atoms with van der Waals surface area (Å²) in [7, 11) is 0. The van der Waals surface area contributed by atoms with Gasteiger partial charge in [0, 0.05) is 29.4 Å². The first-order valence-electron chi connectivity index (χ1n) is 9.51. The van der Waals surface area contributed by atoms with Gasteiger partial charge in [0.15, 0.2) is 0 Å². The Hall–Kier alpha value is -2.87. The van der Waals surface area contributed by atoms with E-state index in [1.165, 1.54) is 11.1 Å². The minimum absolute atomic E-state index is 0.187. The number of hydrogen-bond acceptors (Lipinski definition) is 3. The molecule has 1 aromatic heterocycles. The van der Waals surface area contributed by atoms with Crippen LogP contribution in [0, 0.1) is 18.8 Å². The monoisotopic (exact) mass is 373 g/mol. The fraction of sp³-hybridized carbons (Fsp3) is 0.292. The molecule has 2 aromatic carbocycles. The van der Waals surface area contributed by atoms with Crippen LogP contribution in [0.5, 0.6) is 0 Å². The third-order valence-corrected chi connectivity index (χ3v) is 4.59. The van der Waals surface area contributed by atoms with E-state index in [0.29, 0.717) is 0 Å². The molecule has 0 aliphatic carbocycles. The zero-order valence-corrected chi connectivity index (χ0v) is 16.9. The van der Waals surface area contributed by atoms with Crippen LogP contribution in [-0.4, -0.2) is 20.5 Å². The van der Waals surface area contributed by atoms with E-state index in [-0.39, 0.29) is 6.04 Å². The lowest BCUT2D eigenvalue weighted by Gasteiger charge is -2.14. The highest BCUT2D eigenvalue weighted by Crippen LogP contribution is 2.20. The van der Waals surface area contributed by atoms with Crippen molar-refractivity contribution < 1.29 is 5.11 Å². The largest absolute Gasteiger partial charge is 0.378 e. The molecule has 4 nitrogen and oxygen atoms in total. The van der Waals surface area contributed by atoms with Gasteiger partial charge in [0.05, 0.1) is 11.9 Å². The normalized spacial score (nSPS) is 12.3. The summed E-state index contributed by atoms with van der Waals surface area (Å²) in [6.07, 6.45) is 1.94. The van der Waals surface area contributed by atoms with Gasteiger partial charge in [0.1, 0.15) is 5.60 Å². The second-order valence-electron chi connectivity index (χ2n) is 7.54. The molecule has 0 radical (unpaired) electrons. The first-order valence-corrected chi connectivity index (χ1v) is 9.51. The number of hydrogen-bond donors (Lipinski definition) is 2. The van der Waals surface area contributed by atoms with Gasteiger partial charge in [0.2, 0.25) is 0 Å². The van der Waals surface area contributed by atoms with Crippen molar-refractivity contribution in [3.8, 4) is 17.5 Å². The average Bonchev–Trinajstić information content (AvgIpc) is 3.07. The molecule has 0 aliphatic heterocycles. The Balaban J connectivity index is 1.64. The average molecular weight is 374 g/mol. The van der Waals surface area contributed by atoms with Gasteiger partial charge >= 0.3 is 0 Å². The third-order valence-electron chi connectivity index (χ3n) is 4.59. The summed E-state index contributed by atoms with van der Waals surface area (Å²) in [4.78, 5) is 0. The summed E-state index contributed by atoms with van der Waals surface area (Å²) in [5.74, 6) is 5.83. The van der Waals surface area contributed by atoms with E-state index in [9.17, 15) is 5.11 Å². The predicted molar refractivity (Wildman–Crippen MR) is 113 cm³/mol. The highest BCUT2D eigenvalue weighted by atomic mass is 16.3. The SMILES string of the molecule is Cc1c([C@@H](C)NCc2ccc(C#CC(C)(C)O)cc2)cnn1-c1ccccc1. The Labute approximate surface area is 167 Å². The van der Waals surface area contributed by atoms with E-state index in [4.69, 9.17) is 0 Å². The summed E-state index contributed by atoms with van der Waals surface area (Å²) >= 11 is 0. The van der Waals surface area contributed by atoms with Crippen molar-refractivity contribution in [1.29, 1.82) is 0 Å². The van der Waals surface area contributed by atoms with Crippen LogP contribution < -0.4 is 5.32 Å². The summed E-state index contributed by atoms with van der Waals surface area (Å²) in [6, 6.07) is 18.5. The van der Waals surface area contributed by atoms with Crippen LogP contribution >= 0.6 is 0 Å². The fourth-order valence-corrected chi connectivity index (χ4v) is 2.99. The van der Waals surface area contributed by atoms with Gasteiger partial charge in [-0.15, -0.1) is 0 Å². The van der Waals surface area contributed by atoms with Crippen molar-refractivity contribution in [3.63, 3.8) is 0 Å². The molecular weight excluding hydrogens is 346 g/mol. The Bertz CT molecular complexity index is 971. The maximum atomic E-state index is 9.69. The quantitative estimate of drug-likeness (QED) is 0.661. The minimum Gasteiger partial charge on any atom is -0.378 e. The van der Waals surface area contributed by atoms with Crippen LogP contribution in [0.2, 0.25) is 0 Å². The summed E-state index contributed by atoms with van der Waals surface area (Å²) in [5.41, 5.74) is 4.52. The molecule has 0 fully saturated rings. The van der Waals surface area contributed by atoms with Crippen molar-refractivity contribution >= 4 is 0 Å². The lowest BCUT2D eigenvalue weighted by atomic mass is 10.1. The summed E-state index contributed by atoms with van der Waals surface area (Å²) in [6.45, 7) is 8.38. The number of nitrogens with zero attached hydrogens (tertiary/aromatic N) is 2. The van der Waals surface area contributed by atoms with E-state index >= 15 is 0 Å². The Kier molecular flexibility index (Phi) is 5.99. The van der Waals surface area contributed by atoms with E-state index < -0.39 is 5.60 Å². The molecule has 0 amide bonds. The molecule has 3 aromatic rings. The van der Waals surface area contributed by atoms with Crippen LogP contribution in [0.3, 0.4) is 0 Å². The highest BCUT2D eigenvalue weighted by Gasteiger charge is 2.14. The van der Waals surface area contributed by atoms with Crippen molar-refractivity contribution in [2.24, 2.45) is 0 Å². The molecule has 1 heterocycles. The number of para-hydroxylation sites is 1. The molecule has 0 saturated heterocycles. The number of nitrogens with one attached hydrogen (secondary N) is 1. The fourth-order valence-electron chi connectivity index (χ4n) is 2.99. The van der Waals surface area contributed by atoms with Crippen LogP contribution in [-0.2, 0) is 6.54 Å². The minimum atomic E-state index is -0.974. The van der Waals surface area contributed by atoms with Gasteiger partial charge in [0.25, 0.3) is 0 Å². The summed E-state index contributed by atoms with van der Waals surface area (Å²) in [5, 5.41) is 17.8. The molecule has 0 unspecified atom stereocenters. The zero-order valence-electron chi connectivity index (χ0n) is 16.9. The molecule has 2 N–H and O–H groups in total. The number of rotatable bonds is 5. The van der Waals surface area contributed by atoms with Gasteiger partial charge in [-0.25, -0.2) is 4.68 Å². The maximum absolute atomic E-state index is 9.69. The Morgan fingerprint density at radius 1 is 1.11 bits per heavy atom. The zero-order chi connectivity index (χ0) is 20.1.